The molecule has 2 unspecified atom stereocenters. The molecule has 2 fully saturated rings. The van der Waals surface area contributed by atoms with Crippen LogP contribution < -0.4 is 0 Å². The monoisotopic (exact) mass is 368 g/mol. The first-order valence-electron chi connectivity index (χ1n) is 5.87. The quantitative estimate of drug-likeness (QED) is 0.738. The van der Waals surface area contributed by atoms with Gasteiger partial charge in [-0.3, -0.25) is 0 Å². The molecular weight excluding hydrogens is 352 g/mol. The predicted octanol–water partition coefficient (Wildman–Crippen LogP) is 3.91. The SMILES string of the molecule is CC[C@@]1(C=C(Br)Br)O[C@H]2OC(C)(C)OC2C1C. The van der Waals surface area contributed by atoms with E-state index in [9.17, 15) is 0 Å². The first-order valence-corrected chi connectivity index (χ1v) is 7.45. The molecule has 0 N–H and O–H groups in total. The highest BCUT2D eigenvalue weighted by molar-refractivity contribution is 9.28. The van der Waals surface area contributed by atoms with Gasteiger partial charge in [-0.2, -0.15) is 0 Å². The summed E-state index contributed by atoms with van der Waals surface area (Å²) in [6, 6.07) is 0. The summed E-state index contributed by atoms with van der Waals surface area (Å²) in [5.74, 6) is -0.289. The van der Waals surface area contributed by atoms with E-state index in [2.05, 4.69) is 51.8 Å². The lowest BCUT2D eigenvalue weighted by Crippen LogP contribution is -2.37. The Kier molecular flexibility index (Phi) is 3.79. The van der Waals surface area contributed by atoms with Crippen LogP contribution in [0.4, 0.5) is 0 Å². The van der Waals surface area contributed by atoms with Crippen LogP contribution in [-0.4, -0.2) is 23.8 Å². The van der Waals surface area contributed by atoms with Crippen LogP contribution >= 0.6 is 31.9 Å². The van der Waals surface area contributed by atoms with Crippen molar-refractivity contribution in [1.82, 2.24) is 0 Å². The first kappa shape index (κ1) is 14.0. The molecule has 0 aromatic carbocycles. The van der Waals surface area contributed by atoms with Gasteiger partial charge >= 0.3 is 0 Å². The molecular formula is C12H18Br2O3. The summed E-state index contributed by atoms with van der Waals surface area (Å²) in [5, 5.41) is 0. The third-order valence-electron chi connectivity index (χ3n) is 3.59. The van der Waals surface area contributed by atoms with Crippen molar-refractivity contribution in [3.05, 3.63) is 9.47 Å². The van der Waals surface area contributed by atoms with Crippen molar-refractivity contribution in [2.75, 3.05) is 0 Å². The number of halogens is 2. The van der Waals surface area contributed by atoms with E-state index in [1.165, 1.54) is 0 Å². The molecule has 2 aliphatic rings. The van der Waals surface area contributed by atoms with Gasteiger partial charge in [-0.05, 0) is 58.2 Å². The van der Waals surface area contributed by atoms with Crippen LogP contribution in [0, 0.1) is 5.92 Å². The van der Waals surface area contributed by atoms with Crippen molar-refractivity contribution >= 4 is 31.9 Å². The lowest BCUT2D eigenvalue weighted by atomic mass is 9.85. The van der Waals surface area contributed by atoms with E-state index in [0.717, 1.165) is 9.81 Å². The van der Waals surface area contributed by atoms with E-state index in [-0.39, 0.29) is 23.9 Å². The van der Waals surface area contributed by atoms with Crippen LogP contribution in [0.5, 0.6) is 0 Å². The molecule has 0 aromatic rings. The van der Waals surface area contributed by atoms with Crippen molar-refractivity contribution < 1.29 is 14.2 Å². The van der Waals surface area contributed by atoms with Crippen LogP contribution in [0.2, 0.25) is 0 Å². The highest BCUT2D eigenvalue weighted by atomic mass is 79.9. The van der Waals surface area contributed by atoms with Crippen molar-refractivity contribution in [3.63, 3.8) is 0 Å². The van der Waals surface area contributed by atoms with E-state index >= 15 is 0 Å². The zero-order valence-electron chi connectivity index (χ0n) is 10.5. The molecule has 0 spiro atoms. The molecule has 5 heteroatoms. The summed E-state index contributed by atoms with van der Waals surface area (Å²) >= 11 is 6.81. The molecule has 3 nitrogen and oxygen atoms in total. The molecule has 4 atom stereocenters. The molecule has 0 radical (unpaired) electrons. The molecule has 0 aliphatic carbocycles. The van der Waals surface area contributed by atoms with Crippen LogP contribution in [0.15, 0.2) is 9.47 Å². The number of hydrogen-bond donors (Lipinski definition) is 0. The Bertz CT molecular complexity index is 339. The zero-order chi connectivity index (χ0) is 12.8. The fraction of sp³-hybridized carbons (Fsp3) is 0.833. The Labute approximate surface area is 119 Å². The minimum atomic E-state index is -0.543. The molecule has 2 saturated heterocycles. The van der Waals surface area contributed by atoms with Gasteiger partial charge in [0.1, 0.15) is 6.10 Å². The lowest BCUT2D eigenvalue weighted by molar-refractivity contribution is -0.223. The van der Waals surface area contributed by atoms with Gasteiger partial charge in [-0.25, -0.2) is 0 Å². The molecule has 0 amide bonds. The highest BCUT2D eigenvalue weighted by Crippen LogP contribution is 2.48. The first-order chi connectivity index (χ1) is 7.80. The highest BCUT2D eigenvalue weighted by Gasteiger charge is 2.58. The van der Waals surface area contributed by atoms with Crippen molar-refractivity contribution in [3.8, 4) is 0 Å². The molecule has 0 aromatic heterocycles. The molecule has 17 heavy (non-hydrogen) atoms. The Hall–Kier alpha value is 0.580. The molecule has 2 rings (SSSR count). The van der Waals surface area contributed by atoms with Gasteiger partial charge in [0.25, 0.3) is 0 Å². The van der Waals surface area contributed by atoms with Crippen LogP contribution in [-0.2, 0) is 14.2 Å². The number of ether oxygens (including phenoxy) is 3. The Morgan fingerprint density at radius 3 is 2.35 bits per heavy atom. The summed E-state index contributed by atoms with van der Waals surface area (Å²) in [4.78, 5) is 0. The number of fused-ring (bicyclic) bond motifs is 1. The fourth-order valence-corrected chi connectivity index (χ4v) is 3.42. The third-order valence-corrected chi connectivity index (χ3v) is 4.05. The second kappa shape index (κ2) is 4.60. The van der Waals surface area contributed by atoms with Gasteiger partial charge in [0.15, 0.2) is 12.1 Å². The van der Waals surface area contributed by atoms with Crippen LogP contribution in [0.25, 0.3) is 0 Å². The Morgan fingerprint density at radius 2 is 1.88 bits per heavy atom. The van der Waals surface area contributed by atoms with Crippen LogP contribution in [0.3, 0.4) is 0 Å². The van der Waals surface area contributed by atoms with Crippen molar-refractivity contribution in [2.24, 2.45) is 5.92 Å². The topological polar surface area (TPSA) is 27.7 Å². The van der Waals surface area contributed by atoms with E-state index < -0.39 is 5.79 Å². The summed E-state index contributed by atoms with van der Waals surface area (Å²) in [5.41, 5.74) is -0.325. The molecule has 2 aliphatic heterocycles. The standard InChI is InChI=1S/C12H18Br2O3/c1-5-12(6-8(13)14)7(2)9-10(17-12)16-11(3,4)15-9/h6-7,9-10H,5H2,1-4H3/t7?,9?,10-,12+/m1/s1. The van der Waals surface area contributed by atoms with Gasteiger partial charge < -0.3 is 14.2 Å². The second-order valence-electron chi connectivity index (χ2n) is 5.12. The normalized spacial score (nSPS) is 43.5. The average Bonchev–Trinajstić information content (AvgIpc) is 2.60. The maximum absolute atomic E-state index is 6.10. The largest absolute Gasteiger partial charge is 0.341 e. The van der Waals surface area contributed by atoms with Gasteiger partial charge in [0.2, 0.25) is 0 Å². The average molecular weight is 370 g/mol. The Morgan fingerprint density at radius 1 is 1.24 bits per heavy atom. The number of rotatable bonds is 2. The van der Waals surface area contributed by atoms with E-state index in [4.69, 9.17) is 14.2 Å². The van der Waals surface area contributed by atoms with E-state index in [1.54, 1.807) is 0 Å². The third kappa shape index (κ3) is 2.50. The maximum atomic E-state index is 6.10. The smallest absolute Gasteiger partial charge is 0.188 e. The van der Waals surface area contributed by atoms with Gasteiger partial charge in [-0.1, -0.05) is 13.8 Å². The van der Waals surface area contributed by atoms with E-state index in [1.807, 2.05) is 13.8 Å². The van der Waals surface area contributed by atoms with Gasteiger partial charge in [0.05, 0.1) is 8.99 Å². The van der Waals surface area contributed by atoms with Gasteiger partial charge in [0, 0.05) is 5.92 Å². The van der Waals surface area contributed by atoms with Crippen LogP contribution in [0.1, 0.15) is 34.1 Å². The minimum absolute atomic E-state index is 0.000509. The molecule has 0 bridgehead atoms. The zero-order valence-corrected chi connectivity index (χ0v) is 13.7. The van der Waals surface area contributed by atoms with Crippen molar-refractivity contribution in [1.29, 1.82) is 0 Å². The molecule has 0 saturated carbocycles. The summed E-state index contributed by atoms with van der Waals surface area (Å²) in [7, 11) is 0. The molecule has 2 heterocycles. The fourth-order valence-electron chi connectivity index (χ4n) is 2.65. The maximum Gasteiger partial charge on any atom is 0.188 e. The second-order valence-corrected chi connectivity index (χ2v) is 7.89. The summed E-state index contributed by atoms with van der Waals surface area (Å²) < 4.78 is 18.7. The number of hydrogen-bond acceptors (Lipinski definition) is 3. The van der Waals surface area contributed by atoms with E-state index in [0.29, 0.717) is 0 Å². The lowest BCUT2D eigenvalue weighted by Gasteiger charge is -2.32. The van der Waals surface area contributed by atoms with Gasteiger partial charge in [-0.15, -0.1) is 0 Å². The summed E-state index contributed by atoms with van der Waals surface area (Å²) in [6.07, 6.45) is 2.67. The predicted molar refractivity (Wildman–Crippen MR) is 73.0 cm³/mol. The Balaban J connectivity index is 2.24. The summed E-state index contributed by atoms with van der Waals surface area (Å²) in [6.45, 7) is 8.11. The molecule has 98 valence electrons. The van der Waals surface area contributed by atoms with Crippen molar-refractivity contribution in [2.45, 2.75) is 57.9 Å². The minimum Gasteiger partial charge on any atom is -0.341 e.